The van der Waals surface area contributed by atoms with Crippen molar-refractivity contribution in [3.63, 3.8) is 0 Å². The number of aryl methyl sites for hydroxylation is 1. The van der Waals surface area contributed by atoms with Gasteiger partial charge in [-0.25, -0.2) is 4.98 Å². The van der Waals surface area contributed by atoms with E-state index in [1.165, 1.54) is 0 Å². The number of aliphatic hydroxyl groups is 1. The van der Waals surface area contributed by atoms with Crippen LogP contribution in [0, 0.1) is 6.92 Å². The molecule has 6 nitrogen and oxygen atoms in total. The molecule has 0 radical (unpaired) electrons. The van der Waals surface area contributed by atoms with Crippen LogP contribution in [0.15, 0.2) is 18.3 Å². The molecule has 1 aromatic rings. The van der Waals surface area contributed by atoms with Crippen LogP contribution in [-0.4, -0.2) is 65.8 Å². The van der Waals surface area contributed by atoms with E-state index in [-0.39, 0.29) is 12.3 Å². The van der Waals surface area contributed by atoms with Crippen LogP contribution in [0.25, 0.3) is 0 Å². The SMILES string of the molecule is Cc1ccc(N2CCN(C(=O)CC3(O)CCNCC3)CC2)nc1. The van der Waals surface area contributed by atoms with Crippen molar-refractivity contribution in [1.29, 1.82) is 0 Å². The first kappa shape index (κ1) is 16.2. The number of carbonyl (C=O) groups is 1. The van der Waals surface area contributed by atoms with Crippen molar-refractivity contribution < 1.29 is 9.90 Å². The highest BCUT2D eigenvalue weighted by atomic mass is 16.3. The van der Waals surface area contributed by atoms with E-state index in [1.807, 2.05) is 24.1 Å². The molecule has 23 heavy (non-hydrogen) atoms. The Morgan fingerprint density at radius 3 is 2.57 bits per heavy atom. The lowest BCUT2D eigenvalue weighted by molar-refractivity contribution is -0.137. The lowest BCUT2D eigenvalue weighted by atomic mass is 9.88. The number of nitrogens with one attached hydrogen (secondary N) is 1. The molecule has 0 saturated carbocycles. The van der Waals surface area contributed by atoms with E-state index >= 15 is 0 Å². The molecule has 0 aromatic carbocycles. The molecule has 2 aliphatic rings. The number of nitrogens with zero attached hydrogens (tertiary/aromatic N) is 3. The molecule has 2 N–H and O–H groups in total. The molecule has 6 heteroatoms. The van der Waals surface area contributed by atoms with Gasteiger partial charge in [-0.15, -0.1) is 0 Å². The monoisotopic (exact) mass is 318 g/mol. The predicted octanol–water partition coefficient (Wildman–Crippen LogP) is 0.543. The minimum Gasteiger partial charge on any atom is -0.389 e. The number of anilines is 1. The molecule has 0 bridgehead atoms. The highest BCUT2D eigenvalue weighted by Gasteiger charge is 2.34. The van der Waals surface area contributed by atoms with Gasteiger partial charge in [-0.1, -0.05) is 6.07 Å². The molecule has 2 saturated heterocycles. The Balaban J connectivity index is 1.52. The molecular weight excluding hydrogens is 292 g/mol. The quantitative estimate of drug-likeness (QED) is 0.851. The van der Waals surface area contributed by atoms with Gasteiger partial charge in [-0.05, 0) is 44.5 Å². The summed E-state index contributed by atoms with van der Waals surface area (Å²) < 4.78 is 0. The highest BCUT2D eigenvalue weighted by Crippen LogP contribution is 2.23. The van der Waals surface area contributed by atoms with Gasteiger partial charge in [0.15, 0.2) is 0 Å². The summed E-state index contributed by atoms with van der Waals surface area (Å²) in [5, 5.41) is 13.7. The normalized spacial score (nSPS) is 21.3. The average molecular weight is 318 g/mol. The Hall–Kier alpha value is -1.66. The van der Waals surface area contributed by atoms with Crippen LogP contribution in [-0.2, 0) is 4.79 Å². The van der Waals surface area contributed by atoms with E-state index in [1.54, 1.807) is 0 Å². The summed E-state index contributed by atoms with van der Waals surface area (Å²) in [6.07, 6.45) is 3.44. The standard InChI is InChI=1S/C17H26N4O2/c1-14-2-3-15(19-13-14)20-8-10-21(11-9-20)16(22)12-17(23)4-6-18-7-5-17/h2-3,13,18,23H,4-12H2,1H3. The smallest absolute Gasteiger partial charge is 0.225 e. The fourth-order valence-corrected chi connectivity index (χ4v) is 3.29. The van der Waals surface area contributed by atoms with Crippen LogP contribution >= 0.6 is 0 Å². The number of pyridine rings is 1. The molecule has 1 amide bonds. The number of hydrogen-bond acceptors (Lipinski definition) is 5. The van der Waals surface area contributed by atoms with Gasteiger partial charge in [0.25, 0.3) is 0 Å². The summed E-state index contributed by atoms with van der Waals surface area (Å²) >= 11 is 0. The number of amides is 1. The molecule has 3 rings (SSSR count). The summed E-state index contributed by atoms with van der Waals surface area (Å²) in [7, 11) is 0. The molecule has 0 aliphatic carbocycles. The zero-order chi connectivity index (χ0) is 16.3. The Morgan fingerprint density at radius 2 is 1.96 bits per heavy atom. The van der Waals surface area contributed by atoms with Crippen molar-refractivity contribution in [3.8, 4) is 0 Å². The second-order valence-corrected chi connectivity index (χ2v) is 6.71. The third kappa shape index (κ3) is 4.00. The van der Waals surface area contributed by atoms with Crippen LogP contribution in [0.2, 0.25) is 0 Å². The van der Waals surface area contributed by atoms with Gasteiger partial charge in [-0.3, -0.25) is 4.79 Å². The van der Waals surface area contributed by atoms with Gasteiger partial charge < -0.3 is 20.2 Å². The Bertz CT molecular complexity index is 532. The third-order valence-corrected chi connectivity index (χ3v) is 4.87. The molecule has 0 spiro atoms. The van der Waals surface area contributed by atoms with E-state index in [0.29, 0.717) is 25.9 Å². The van der Waals surface area contributed by atoms with Crippen molar-refractivity contribution in [2.45, 2.75) is 31.8 Å². The summed E-state index contributed by atoms with van der Waals surface area (Å²) in [5.41, 5.74) is 0.329. The zero-order valence-corrected chi connectivity index (χ0v) is 13.8. The van der Waals surface area contributed by atoms with Gasteiger partial charge in [0, 0.05) is 32.4 Å². The molecule has 0 unspecified atom stereocenters. The largest absolute Gasteiger partial charge is 0.389 e. The van der Waals surface area contributed by atoms with Crippen molar-refractivity contribution in [3.05, 3.63) is 23.9 Å². The van der Waals surface area contributed by atoms with E-state index in [4.69, 9.17) is 0 Å². The fraction of sp³-hybridized carbons (Fsp3) is 0.647. The number of hydrogen-bond donors (Lipinski definition) is 2. The van der Waals surface area contributed by atoms with Crippen molar-refractivity contribution in [1.82, 2.24) is 15.2 Å². The van der Waals surface area contributed by atoms with Gasteiger partial charge in [0.05, 0.1) is 12.0 Å². The lowest BCUT2D eigenvalue weighted by Gasteiger charge is -2.38. The van der Waals surface area contributed by atoms with Crippen LogP contribution in [0.3, 0.4) is 0 Å². The maximum atomic E-state index is 12.5. The Kier molecular flexibility index (Phi) is 4.82. The fourth-order valence-electron chi connectivity index (χ4n) is 3.29. The van der Waals surface area contributed by atoms with Gasteiger partial charge in [0.1, 0.15) is 5.82 Å². The van der Waals surface area contributed by atoms with Crippen molar-refractivity contribution in [2.75, 3.05) is 44.2 Å². The minimum absolute atomic E-state index is 0.0749. The molecule has 0 atom stereocenters. The van der Waals surface area contributed by atoms with Crippen LogP contribution in [0.4, 0.5) is 5.82 Å². The summed E-state index contributed by atoms with van der Waals surface area (Å²) in [5.74, 6) is 1.05. The first-order chi connectivity index (χ1) is 11.1. The highest BCUT2D eigenvalue weighted by molar-refractivity contribution is 5.77. The minimum atomic E-state index is -0.821. The first-order valence-corrected chi connectivity index (χ1v) is 8.44. The van der Waals surface area contributed by atoms with Crippen molar-refractivity contribution in [2.24, 2.45) is 0 Å². The summed E-state index contributed by atoms with van der Waals surface area (Å²) in [4.78, 5) is 21.0. The molecule has 1 aromatic heterocycles. The lowest BCUT2D eigenvalue weighted by Crippen LogP contribution is -2.52. The number of piperidine rings is 1. The van der Waals surface area contributed by atoms with Gasteiger partial charge in [-0.2, -0.15) is 0 Å². The average Bonchev–Trinajstić information content (AvgIpc) is 2.56. The molecule has 2 aliphatic heterocycles. The van der Waals surface area contributed by atoms with E-state index in [9.17, 15) is 9.90 Å². The number of piperazine rings is 1. The van der Waals surface area contributed by atoms with Crippen LogP contribution in [0.1, 0.15) is 24.8 Å². The van der Waals surface area contributed by atoms with Crippen LogP contribution < -0.4 is 10.2 Å². The van der Waals surface area contributed by atoms with E-state index in [0.717, 1.165) is 37.6 Å². The van der Waals surface area contributed by atoms with E-state index < -0.39 is 5.60 Å². The number of aromatic nitrogens is 1. The second-order valence-electron chi connectivity index (χ2n) is 6.71. The van der Waals surface area contributed by atoms with Crippen molar-refractivity contribution >= 4 is 11.7 Å². The third-order valence-electron chi connectivity index (χ3n) is 4.87. The van der Waals surface area contributed by atoms with E-state index in [2.05, 4.69) is 21.3 Å². The predicted molar refractivity (Wildman–Crippen MR) is 89.4 cm³/mol. The molecule has 126 valence electrons. The maximum Gasteiger partial charge on any atom is 0.225 e. The Morgan fingerprint density at radius 1 is 1.26 bits per heavy atom. The molecule has 2 fully saturated rings. The zero-order valence-electron chi connectivity index (χ0n) is 13.8. The summed E-state index contributed by atoms with van der Waals surface area (Å²) in [6.45, 7) is 6.58. The second kappa shape index (κ2) is 6.84. The maximum absolute atomic E-state index is 12.5. The number of rotatable bonds is 3. The van der Waals surface area contributed by atoms with Gasteiger partial charge in [0.2, 0.25) is 5.91 Å². The Labute approximate surface area is 137 Å². The first-order valence-electron chi connectivity index (χ1n) is 8.44. The van der Waals surface area contributed by atoms with Crippen LogP contribution in [0.5, 0.6) is 0 Å². The summed E-state index contributed by atoms with van der Waals surface area (Å²) in [6, 6.07) is 4.09. The molecule has 3 heterocycles. The number of carbonyl (C=O) groups excluding carboxylic acids is 1. The topological polar surface area (TPSA) is 68.7 Å². The van der Waals surface area contributed by atoms with Gasteiger partial charge >= 0.3 is 0 Å². The molecular formula is C17H26N4O2.